The lowest BCUT2D eigenvalue weighted by Crippen LogP contribution is -2.55. The maximum absolute atomic E-state index is 11.9. The molecule has 0 aliphatic carbocycles. The predicted octanol–water partition coefficient (Wildman–Crippen LogP) is -1.18. The molecular weight excluding hydrogens is 254 g/mol. The zero-order valence-corrected chi connectivity index (χ0v) is 11.0. The second-order valence-electron chi connectivity index (χ2n) is 4.09. The van der Waals surface area contributed by atoms with Crippen LogP contribution in [0.2, 0.25) is 0 Å². The number of carboxylic acid groups (broad SMARTS) is 1. The molecule has 8 heteroatoms. The average molecular weight is 273 g/mol. The molecule has 0 saturated heterocycles. The number of hydrogen-bond acceptors (Lipinski definition) is 5. The summed E-state index contributed by atoms with van der Waals surface area (Å²) in [6.07, 6.45) is -0.328. The molecule has 0 aromatic rings. The van der Waals surface area contributed by atoms with E-state index in [-0.39, 0.29) is 19.3 Å². The molecule has 108 valence electrons. The van der Waals surface area contributed by atoms with E-state index >= 15 is 0 Å². The van der Waals surface area contributed by atoms with E-state index in [2.05, 4.69) is 0 Å². The summed E-state index contributed by atoms with van der Waals surface area (Å²) >= 11 is 0. The van der Waals surface area contributed by atoms with Crippen molar-refractivity contribution in [1.82, 2.24) is 4.90 Å². The molecule has 1 unspecified atom stereocenters. The quantitative estimate of drug-likeness (QED) is 0.532. The number of carboxylic acids is 1. The Balaban J connectivity index is 5.18. The first-order valence-electron chi connectivity index (χ1n) is 5.82. The molecule has 0 rings (SSSR count). The average Bonchev–Trinajstić information content (AvgIpc) is 2.31. The van der Waals surface area contributed by atoms with Crippen molar-refractivity contribution in [2.24, 2.45) is 11.5 Å². The number of aliphatic carboxylic acids is 1. The van der Waals surface area contributed by atoms with Gasteiger partial charge in [0.25, 0.3) is 0 Å². The second-order valence-corrected chi connectivity index (χ2v) is 4.09. The lowest BCUT2D eigenvalue weighted by Gasteiger charge is -2.28. The van der Waals surface area contributed by atoms with Gasteiger partial charge in [0.05, 0.1) is 6.04 Å². The van der Waals surface area contributed by atoms with E-state index in [1.807, 2.05) is 0 Å². The topological polar surface area (TPSA) is 144 Å². The van der Waals surface area contributed by atoms with Gasteiger partial charge in [-0.3, -0.25) is 24.1 Å². The number of hydrogen-bond donors (Lipinski definition) is 3. The highest BCUT2D eigenvalue weighted by Crippen LogP contribution is 2.10. The van der Waals surface area contributed by atoms with E-state index in [4.69, 9.17) is 16.6 Å². The predicted molar refractivity (Wildman–Crippen MR) is 65.6 cm³/mol. The van der Waals surface area contributed by atoms with Gasteiger partial charge in [-0.05, 0) is 12.8 Å². The highest BCUT2D eigenvalue weighted by Gasteiger charge is 2.33. The summed E-state index contributed by atoms with van der Waals surface area (Å²) in [6, 6.07) is -2.23. The number of carbonyl (C=O) groups is 4. The van der Waals surface area contributed by atoms with Gasteiger partial charge in [-0.1, -0.05) is 6.92 Å². The Labute approximate surface area is 110 Å². The van der Waals surface area contributed by atoms with Crippen LogP contribution in [0, 0.1) is 0 Å². The molecule has 2 atom stereocenters. The van der Waals surface area contributed by atoms with Crippen LogP contribution in [0.25, 0.3) is 0 Å². The molecule has 0 aromatic heterocycles. The van der Waals surface area contributed by atoms with Crippen LogP contribution in [0.15, 0.2) is 0 Å². The largest absolute Gasteiger partial charge is 0.481 e. The lowest BCUT2D eigenvalue weighted by atomic mass is 10.1. The Morgan fingerprint density at radius 2 is 1.79 bits per heavy atom. The summed E-state index contributed by atoms with van der Waals surface area (Å²) in [5, 5.41) is 8.59. The van der Waals surface area contributed by atoms with E-state index in [1.165, 1.54) is 0 Å². The number of amides is 3. The maximum Gasteiger partial charge on any atom is 0.303 e. The maximum atomic E-state index is 11.9. The molecular formula is C11H19N3O5. The van der Waals surface area contributed by atoms with Crippen molar-refractivity contribution in [2.45, 2.75) is 45.2 Å². The third-order valence-electron chi connectivity index (χ3n) is 2.61. The van der Waals surface area contributed by atoms with Crippen LogP contribution in [0.4, 0.5) is 0 Å². The van der Waals surface area contributed by atoms with Crippen molar-refractivity contribution in [2.75, 3.05) is 0 Å². The van der Waals surface area contributed by atoms with Crippen LogP contribution in [0.5, 0.6) is 0 Å². The van der Waals surface area contributed by atoms with Crippen molar-refractivity contribution < 1.29 is 24.3 Å². The molecule has 3 amide bonds. The van der Waals surface area contributed by atoms with Gasteiger partial charge in [0.15, 0.2) is 0 Å². The summed E-state index contributed by atoms with van der Waals surface area (Å²) in [4.78, 5) is 45.9. The molecule has 0 saturated carbocycles. The summed E-state index contributed by atoms with van der Waals surface area (Å²) in [5.41, 5.74) is 10.7. The molecule has 0 heterocycles. The van der Waals surface area contributed by atoms with Gasteiger partial charge in [-0.25, -0.2) is 0 Å². The fourth-order valence-corrected chi connectivity index (χ4v) is 1.54. The number of imide groups is 1. The number of primary amides is 1. The molecule has 0 aromatic carbocycles. The Hall–Kier alpha value is -1.96. The summed E-state index contributed by atoms with van der Waals surface area (Å²) in [5.74, 6) is -3.51. The Bertz CT molecular complexity index is 383. The highest BCUT2D eigenvalue weighted by atomic mass is 16.4. The van der Waals surface area contributed by atoms with Crippen LogP contribution >= 0.6 is 0 Å². The number of nitrogens with zero attached hydrogens (tertiary/aromatic N) is 1. The number of carbonyl (C=O) groups excluding carboxylic acids is 3. The first-order valence-corrected chi connectivity index (χ1v) is 5.82. The van der Waals surface area contributed by atoms with Crippen LogP contribution in [0.3, 0.4) is 0 Å². The standard InChI is InChI=1S/C11H19N3O5/c1-3-7(12)11(19)14(6(2)15)8(10(13)18)4-5-9(16)17/h7-8H,3-5,12H2,1-2H3,(H2,13,18)(H,16,17)/t7?,8-/m1/s1. The molecule has 5 N–H and O–H groups in total. The van der Waals surface area contributed by atoms with Crippen LogP contribution in [0.1, 0.15) is 33.1 Å². The molecule has 0 radical (unpaired) electrons. The van der Waals surface area contributed by atoms with Crippen molar-refractivity contribution in [3.05, 3.63) is 0 Å². The minimum absolute atomic E-state index is 0.230. The highest BCUT2D eigenvalue weighted by molar-refractivity contribution is 6.01. The summed E-state index contributed by atoms with van der Waals surface area (Å²) < 4.78 is 0. The molecule has 0 fully saturated rings. The first-order chi connectivity index (χ1) is 8.72. The Morgan fingerprint density at radius 1 is 1.26 bits per heavy atom. The van der Waals surface area contributed by atoms with Crippen LogP contribution < -0.4 is 11.5 Å². The molecule has 0 spiro atoms. The second kappa shape index (κ2) is 7.47. The minimum atomic E-state index is -1.29. The lowest BCUT2D eigenvalue weighted by molar-refractivity contribution is -0.152. The van der Waals surface area contributed by atoms with E-state index in [0.717, 1.165) is 6.92 Å². The van der Waals surface area contributed by atoms with Crippen molar-refractivity contribution in [1.29, 1.82) is 0 Å². The van der Waals surface area contributed by atoms with Gasteiger partial charge in [0.2, 0.25) is 17.7 Å². The summed E-state index contributed by atoms with van der Waals surface area (Å²) in [6.45, 7) is 2.74. The summed E-state index contributed by atoms with van der Waals surface area (Å²) in [7, 11) is 0. The van der Waals surface area contributed by atoms with Gasteiger partial charge >= 0.3 is 5.97 Å². The minimum Gasteiger partial charge on any atom is -0.481 e. The monoisotopic (exact) mass is 273 g/mol. The van der Waals surface area contributed by atoms with Gasteiger partial charge < -0.3 is 16.6 Å². The molecule has 0 bridgehead atoms. The van der Waals surface area contributed by atoms with Gasteiger partial charge in [-0.15, -0.1) is 0 Å². The van der Waals surface area contributed by atoms with Crippen LogP contribution in [-0.4, -0.2) is 45.8 Å². The number of rotatable bonds is 7. The molecule has 19 heavy (non-hydrogen) atoms. The fourth-order valence-electron chi connectivity index (χ4n) is 1.54. The number of nitrogens with two attached hydrogens (primary N) is 2. The molecule has 8 nitrogen and oxygen atoms in total. The van der Waals surface area contributed by atoms with E-state index in [0.29, 0.717) is 4.90 Å². The molecule has 0 aliphatic rings. The smallest absolute Gasteiger partial charge is 0.303 e. The Morgan fingerprint density at radius 3 is 2.11 bits per heavy atom. The van der Waals surface area contributed by atoms with Gasteiger partial charge in [-0.2, -0.15) is 0 Å². The van der Waals surface area contributed by atoms with E-state index in [1.54, 1.807) is 6.92 Å². The van der Waals surface area contributed by atoms with Crippen molar-refractivity contribution in [3.8, 4) is 0 Å². The fraction of sp³-hybridized carbons (Fsp3) is 0.636. The third kappa shape index (κ3) is 5.04. The Kier molecular flexibility index (Phi) is 6.70. The zero-order chi connectivity index (χ0) is 15.2. The first kappa shape index (κ1) is 17.0. The van der Waals surface area contributed by atoms with Gasteiger partial charge in [0, 0.05) is 13.3 Å². The molecule has 0 aliphatic heterocycles. The van der Waals surface area contributed by atoms with Crippen molar-refractivity contribution in [3.63, 3.8) is 0 Å². The third-order valence-corrected chi connectivity index (χ3v) is 2.61. The van der Waals surface area contributed by atoms with Crippen LogP contribution in [-0.2, 0) is 19.2 Å². The SMILES string of the molecule is CCC(N)C(=O)N(C(C)=O)[C@H](CCC(=O)O)C(N)=O. The van der Waals surface area contributed by atoms with E-state index < -0.39 is 35.8 Å². The normalized spacial score (nSPS) is 13.4. The van der Waals surface area contributed by atoms with E-state index in [9.17, 15) is 19.2 Å². The van der Waals surface area contributed by atoms with Gasteiger partial charge in [0.1, 0.15) is 6.04 Å². The van der Waals surface area contributed by atoms with Crippen molar-refractivity contribution >= 4 is 23.7 Å². The zero-order valence-electron chi connectivity index (χ0n) is 11.0.